The number of thiazole rings is 1. The smallest absolute Gasteiger partial charge is 0.273 e. The Kier molecular flexibility index (Phi) is 6.61. The fourth-order valence-corrected chi connectivity index (χ4v) is 2.78. The molecule has 21 heavy (non-hydrogen) atoms. The third-order valence-electron chi connectivity index (χ3n) is 3.15. The molecule has 2 rings (SSSR count). The maximum atomic E-state index is 12.3. The van der Waals surface area contributed by atoms with Gasteiger partial charge >= 0.3 is 0 Å². The zero-order chi connectivity index (χ0) is 14.7. The Morgan fingerprint density at radius 2 is 2.14 bits per heavy atom. The number of aromatic nitrogens is 1. The number of halogens is 2. The van der Waals surface area contributed by atoms with Gasteiger partial charge in [-0.25, -0.2) is 4.98 Å². The van der Waals surface area contributed by atoms with E-state index in [0.29, 0.717) is 17.3 Å². The lowest BCUT2D eigenvalue weighted by Gasteiger charge is -2.22. The van der Waals surface area contributed by atoms with Crippen LogP contribution in [0.15, 0.2) is 29.6 Å². The summed E-state index contributed by atoms with van der Waals surface area (Å²) in [4.78, 5) is 18.2. The summed E-state index contributed by atoms with van der Waals surface area (Å²) in [5.41, 5.74) is 6.84. The van der Waals surface area contributed by atoms with Gasteiger partial charge in [-0.2, -0.15) is 0 Å². The molecule has 1 aromatic heterocycles. The molecule has 1 aromatic carbocycles. The maximum Gasteiger partial charge on any atom is 0.273 e. The molecule has 2 aromatic rings. The van der Waals surface area contributed by atoms with Crippen LogP contribution in [-0.4, -0.2) is 35.4 Å². The number of likely N-dealkylation sites (N-methyl/N-ethyl adjacent to an activating group) is 1. The lowest BCUT2D eigenvalue weighted by atomic mass is 10.2. The number of benzene rings is 1. The molecule has 0 aliphatic rings. The fraction of sp³-hybridized carbons (Fsp3) is 0.286. The van der Waals surface area contributed by atoms with Crippen molar-refractivity contribution in [2.75, 3.05) is 13.6 Å². The molecule has 0 bridgehead atoms. The Labute approximate surface area is 139 Å². The quantitative estimate of drug-likeness (QED) is 0.924. The van der Waals surface area contributed by atoms with Gasteiger partial charge in [-0.1, -0.05) is 29.8 Å². The summed E-state index contributed by atoms with van der Waals surface area (Å²) in [7, 11) is 1.73. The van der Waals surface area contributed by atoms with E-state index in [1.54, 1.807) is 17.3 Å². The minimum atomic E-state index is -0.127. The largest absolute Gasteiger partial charge is 0.336 e. The molecule has 0 spiro atoms. The number of nitrogens with zero attached hydrogens (tertiary/aromatic N) is 2. The summed E-state index contributed by atoms with van der Waals surface area (Å²) in [5.74, 6) is -0.127. The maximum absolute atomic E-state index is 12.3. The van der Waals surface area contributed by atoms with Crippen LogP contribution in [0, 0.1) is 0 Å². The Morgan fingerprint density at radius 3 is 2.76 bits per heavy atom. The van der Waals surface area contributed by atoms with Gasteiger partial charge in [-0.3, -0.25) is 4.79 Å². The summed E-state index contributed by atoms with van der Waals surface area (Å²) < 4.78 is 0. The minimum Gasteiger partial charge on any atom is -0.336 e. The first-order valence-corrected chi connectivity index (χ1v) is 7.48. The molecule has 1 atom stereocenters. The number of carbonyl (C=O) groups excluding carboxylic acids is 1. The average molecular weight is 346 g/mol. The van der Waals surface area contributed by atoms with E-state index in [1.807, 2.05) is 31.2 Å². The topological polar surface area (TPSA) is 59.2 Å². The van der Waals surface area contributed by atoms with Gasteiger partial charge in [0.05, 0.1) is 5.02 Å². The first kappa shape index (κ1) is 17.9. The molecule has 0 fully saturated rings. The standard InChI is InChI=1S/C14H16ClN3OS.ClH/c1-9(7-16)18(2)14(19)12-8-20-13(17-12)10-5-3-4-6-11(10)15;/h3-6,8-9H,7,16H2,1-2H3;1H. The highest BCUT2D eigenvalue weighted by Crippen LogP contribution is 2.30. The van der Waals surface area contributed by atoms with Crippen LogP contribution in [0.25, 0.3) is 10.6 Å². The van der Waals surface area contributed by atoms with E-state index in [2.05, 4.69) is 4.98 Å². The summed E-state index contributed by atoms with van der Waals surface area (Å²) >= 11 is 7.55. The second-order valence-corrected chi connectivity index (χ2v) is 5.78. The van der Waals surface area contributed by atoms with Gasteiger partial charge in [0.1, 0.15) is 10.7 Å². The molecule has 0 saturated heterocycles. The second-order valence-electron chi connectivity index (χ2n) is 4.52. The van der Waals surface area contributed by atoms with Crippen molar-refractivity contribution >= 4 is 41.3 Å². The van der Waals surface area contributed by atoms with E-state index in [1.165, 1.54) is 11.3 Å². The molecular formula is C14H17Cl2N3OS. The van der Waals surface area contributed by atoms with Crippen LogP contribution in [0.5, 0.6) is 0 Å². The van der Waals surface area contributed by atoms with Gasteiger partial charge in [0.15, 0.2) is 0 Å². The third kappa shape index (κ3) is 3.95. The normalized spacial score (nSPS) is 11.6. The third-order valence-corrected chi connectivity index (χ3v) is 4.36. The Morgan fingerprint density at radius 1 is 1.48 bits per heavy atom. The Bertz CT molecular complexity index is 618. The van der Waals surface area contributed by atoms with E-state index in [0.717, 1.165) is 10.6 Å². The molecule has 1 amide bonds. The molecule has 0 aliphatic carbocycles. The minimum absolute atomic E-state index is 0. The van der Waals surface area contributed by atoms with Crippen LogP contribution in [-0.2, 0) is 0 Å². The highest BCUT2D eigenvalue weighted by atomic mass is 35.5. The highest BCUT2D eigenvalue weighted by Gasteiger charge is 2.19. The van der Waals surface area contributed by atoms with Crippen molar-refractivity contribution in [3.8, 4) is 10.6 Å². The van der Waals surface area contributed by atoms with Crippen molar-refractivity contribution in [1.82, 2.24) is 9.88 Å². The molecule has 114 valence electrons. The van der Waals surface area contributed by atoms with Crippen molar-refractivity contribution in [3.05, 3.63) is 40.4 Å². The van der Waals surface area contributed by atoms with Crippen LogP contribution in [0.4, 0.5) is 0 Å². The van der Waals surface area contributed by atoms with Crippen LogP contribution in [0.3, 0.4) is 0 Å². The number of amides is 1. The number of rotatable bonds is 4. The number of carbonyl (C=O) groups is 1. The Hall–Kier alpha value is -1.14. The number of hydrogen-bond acceptors (Lipinski definition) is 4. The van der Waals surface area contributed by atoms with Crippen LogP contribution < -0.4 is 5.73 Å². The molecule has 1 unspecified atom stereocenters. The second kappa shape index (κ2) is 7.75. The summed E-state index contributed by atoms with van der Waals surface area (Å²) in [5, 5.41) is 3.12. The fourth-order valence-electron chi connectivity index (χ4n) is 1.67. The first-order valence-electron chi connectivity index (χ1n) is 6.22. The van der Waals surface area contributed by atoms with Gasteiger partial charge in [0.25, 0.3) is 5.91 Å². The molecule has 2 N–H and O–H groups in total. The van der Waals surface area contributed by atoms with Crippen LogP contribution in [0.2, 0.25) is 5.02 Å². The lowest BCUT2D eigenvalue weighted by Crippen LogP contribution is -2.39. The number of hydrogen-bond donors (Lipinski definition) is 1. The molecule has 4 nitrogen and oxygen atoms in total. The van der Waals surface area contributed by atoms with Crippen molar-refractivity contribution in [1.29, 1.82) is 0 Å². The van der Waals surface area contributed by atoms with Gasteiger partial charge in [-0.05, 0) is 13.0 Å². The summed E-state index contributed by atoms with van der Waals surface area (Å²) in [6.07, 6.45) is 0. The summed E-state index contributed by atoms with van der Waals surface area (Å²) in [6, 6.07) is 7.44. The van der Waals surface area contributed by atoms with E-state index in [-0.39, 0.29) is 24.4 Å². The predicted octanol–water partition coefficient (Wildman–Crippen LogP) is 3.30. The predicted molar refractivity (Wildman–Crippen MR) is 90.4 cm³/mol. The average Bonchev–Trinajstić information content (AvgIpc) is 2.94. The van der Waals surface area contributed by atoms with Crippen LogP contribution in [0.1, 0.15) is 17.4 Å². The zero-order valence-electron chi connectivity index (χ0n) is 11.7. The highest BCUT2D eigenvalue weighted by molar-refractivity contribution is 7.13. The van der Waals surface area contributed by atoms with Gasteiger partial charge in [-0.15, -0.1) is 23.7 Å². The zero-order valence-corrected chi connectivity index (χ0v) is 14.1. The monoisotopic (exact) mass is 345 g/mol. The molecule has 0 aliphatic heterocycles. The van der Waals surface area contributed by atoms with Crippen molar-refractivity contribution in [2.24, 2.45) is 5.73 Å². The van der Waals surface area contributed by atoms with Crippen molar-refractivity contribution < 1.29 is 4.79 Å². The molecule has 0 saturated carbocycles. The van der Waals surface area contributed by atoms with Crippen molar-refractivity contribution in [3.63, 3.8) is 0 Å². The van der Waals surface area contributed by atoms with E-state index >= 15 is 0 Å². The SMILES string of the molecule is CC(CN)N(C)C(=O)c1csc(-c2ccccc2Cl)n1.Cl. The molecule has 1 heterocycles. The van der Waals surface area contributed by atoms with E-state index < -0.39 is 0 Å². The van der Waals surface area contributed by atoms with Crippen LogP contribution >= 0.6 is 35.3 Å². The van der Waals surface area contributed by atoms with Gasteiger partial charge < -0.3 is 10.6 Å². The van der Waals surface area contributed by atoms with Gasteiger partial charge in [0, 0.05) is 30.6 Å². The van der Waals surface area contributed by atoms with E-state index in [9.17, 15) is 4.79 Å². The van der Waals surface area contributed by atoms with Gasteiger partial charge in [0.2, 0.25) is 0 Å². The Balaban J connectivity index is 0.00000220. The molecule has 0 radical (unpaired) electrons. The summed E-state index contributed by atoms with van der Waals surface area (Å²) in [6.45, 7) is 2.32. The molecule has 7 heteroatoms. The van der Waals surface area contributed by atoms with E-state index in [4.69, 9.17) is 17.3 Å². The first-order chi connectivity index (χ1) is 9.54. The van der Waals surface area contributed by atoms with Crippen molar-refractivity contribution in [2.45, 2.75) is 13.0 Å². The number of nitrogens with two attached hydrogens (primary N) is 1. The lowest BCUT2D eigenvalue weighted by molar-refractivity contribution is 0.0743. The molecular weight excluding hydrogens is 329 g/mol.